The fourth-order valence-corrected chi connectivity index (χ4v) is 5.61. The number of amides is 1. The SMILES string of the molecule is Cc1cccc(C)c1-n1c(=O)c2ccccc2n2c(SCC(=O)N3CCCC(C)C3)nnc12. The van der Waals surface area contributed by atoms with Crippen LogP contribution in [0.4, 0.5) is 0 Å². The van der Waals surface area contributed by atoms with Crippen LogP contribution in [0.2, 0.25) is 0 Å². The van der Waals surface area contributed by atoms with Crippen LogP contribution in [0.1, 0.15) is 30.9 Å². The first-order chi connectivity index (χ1) is 16.0. The summed E-state index contributed by atoms with van der Waals surface area (Å²) in [7, 11) is 0. The molecule has 7 nitrogen and oxygen atoms in total. The number of para-hydroxylation sites is 2. The Bertz CT molecular complexity index is 1400. The lowest BCUT2D eigenvalue weighted by Crippen LogP contribution is -2.40. The number of piperidine rings is 1. The summed E-state index contributed by atoms with van der Waals surface area (Å²) in [5.41, 5.74) is 3.41. The largest absolute Gasteiger partial charge is 0.342 e. The Labute approximate surface area is 196 Å². The fraction of sp³-hybridized carbons (Fsp3) is 0.360. The van der Waals surface area contributed by atoms with Crippen molar-refractivity contribution in [3.8, 4) is 5.69 Å². The second-order valence-corrected chi connectivity index (χ2v) is 9.83. The van der Waals surface area contributed by atoms with Gasteiger partial charge in [0.15, 0.2) is 5.16 Å². The normalized spacial score (nSPS) is 16.6. The molecule has 0 bridgehead atoms. The van der Waals surface area contributed by atoms with E-state index in [1.165, 1.54) is 18.2 Å². The van der Waals surface area contributed by atoms with E-state index in [2.05, 4.69) is 17.1 Å². The fourth-order valence-electron chi connectivity index (χ4n) is 4.77. The molecule has 1 amide bonds. The van der Waals surface area contributed by atoms with Gasteiger partial charge in [0.05, 0.1) is 22.3 Å². The Morgan fingerprint density at radius 1 is 1.09 bits per heavy atom. The molecule has 33 heavy (non-hydrogen) atoms. The molecule has 170 valence electrons. The number of rotatable bonds is 4. The van der Waals surface area contributed by atoms with E-state index >= 15 is 0 Å². The molecule has 0 radical (unpaired) electrons. The monoisotopic (exact) mass is 461 g/mol. The lowest BCUT2D eigenvalue weighted by Gasteiger charge is -2.30. The van der Waals surface area contributed by atoms with Crippen molar-refractivity contribution in [1.29, 1.82) is 0 Å². The highest BCUT2D eigenvalue weighted by Gasteiger charge is 2.23. The van der Waals surface area contributed by atoms with E-state index in [1.807, 2.05) is 65.6 Å². The van der Waals surface area contributed by atoms with E-state index in [9.17, 15) is 9.59 Å². The van der Waals surface area contributed by atoms with Crippen molar-refractivity contribution in [1.82, 2.24) is 24.1 Å². The minimum absolute atomic E-state index is 0.121. The van der Waals surface area contributed by atoms with Gasteiger partial charge in [-0.15, -0.1) is 10.2 Å². The number of likely N-dealkylation sites (tertiary alicyclic amines) is 1. The summed E-state index contributed by atoms with van der Waals surface area (Å²) < 4.78 is 3.55. The minimum atomic E-state index is -0.127. The van der Waals surface area contributed by atoms with E-state index in [1.54, 1.807) is 4.57 Å². The van der Waals surface area contributed by atoms with Crippen LogP contribution in [0, 0.1) is 19.8 Å². The molecule has 1 aliphatic heterocycles. The molecule has 1 unspecified atom stereocenters. The third kappa shape index (κ3) is 3.82. The summed E-state index contributed by atoms with van der Waals surface area (Å²) in [6.45, 7) is 7.81. The Morgan fingerprint density at radius 3 is 2.61 bits per heavy atom. The highest BCUT2D eigenvalue weighted by atomic mass is 32.2. The van der Waals surface area contributed by atoms with Crippen molar-refractivity contribution in [3.05, 3.63) is 63.9 Å². The molecule has 8 heteroatoms. The Kier molecular flexibility index (Phi) is 5.70. The maximum atomic E-state index is 13.6. The predicted octanol–water partition coefficient (Wildman–Crippen LogP) is 4.00. The molecule has 5 rings (SSSR count). The van der Waals surface area contributed by atoms with Gasteiger partial charge in [-0.3, -0.25) is 14.0 Å². The minimum Gasteiger partial charge on any atom is -0.342 e. The van der Waals surface area contributed by atoms with Gasteiger partial charge in [-0.25, -0.2) is 4.57 Å². The van der Waals surface area contributed by atoms with E-state index in [-0.39, 0.29) is 11.5 Å². The number of aromatic nitrogens is 4. The first kappa shape index (κ1) is 21.7. The van der Waals surface area contributed by atoms with Gasteiger partial charge in [-0.2, -0.15) is 0 Å². The van der Waals surface area contributed by atoms with E-state index in [0.29, 0.717) is 28.0 Å². The highest BCUT2D eigenvalue weighted by molar-refractivity contribution is 7.99. The average Bonchev–Trinajstić information content (AvgIpc) is 3.23. The van der Waals surface area contributed by atoms with E-state index in [0.717, 1.165) is 41.8 Å². The summed E-state index contributed by atoms with van der Waals surface area (Å²) in [5, 5.41) is 10.0. The number of fused-ring (bicyclic) bond motifs is 3. The smallest absolute Gasteiger partial charge is 0.267 e. The van der Waals surface area contributed by atoms with Gasteiger partial charge < -0.3 is 4.90 Å². The van der Waals surface area contributed by atoms with Gasteiger partial charge in [0.1, 0.15) is 0 Å². The number of hydrogen-bond donors (Lipinski definition) is 0. The van der Waals surface area contributed by atoms with Crippen molar-refractivity contribution < 1.29 is 4.79 Å². The first-order valence-electron chi connectivity index (χ1n) is 11.3. The number of carbonyl (C=O) groups excluding carboxylic acids is 1. The van der Waals surface area contributed by atoms with E-state index < -0.39 is 0 Å². The molecular formula is C25H27N5O2S. The second-order valence-electron chi connectivity index (χ2n) is 8.89. The molecule has 0 spiro atoms. The molecular weight excluding hydrogens is 434 g/mol. The molecule has 1 fully saturated rings. The molecule has 0 saturated carbocycles. The number of nitrogens with zero attached hydrogens (tertiary/aromatic N) is 5. The van der Waals surface area contributed by atoms with Gasteiger partial charge in [-0.05, 0) is 55.9 Å². The van der Waals surface area contributed by atoms with Crippen molar-refractivity contribution in [2.24, 2.45) is 5.92 Å². The Balaban J connectivity index is 1.62. The zero-order chi connectivity index (χ0) is 23.1. The molecule has 2 aromatic heterocycles. The molecule has 1 saturated heterocycles. The lowest BCUT2D eigenvalue weighted by atomic mass is 10.0. The molecule has 0 N–H and O–H groups in total. The molecule has 0 aliphatic carbocycles. The van der Waals surface area contributed by atoms with Gasteiger partial charge in [0.25, 0.3) is 5.56 Å². The zero-order valence-electron chi connectivity index (χ0n) is 19.1. The molecule has 3 heterocycles. The van der Waals surface area contributed by atoms with Crippen LogP contribution in [0.3, 0.4) is 0 Å². The number of thioether (sulfide) groups is 1. The van der Waals surface area contributed by atoms with Crippen LogP contribution < -0.4 is 5.56 Å². The van der Waals surface area contributed by atoms with Crippen LogP contribution in [0.15, 0.2) is 52.4 Å². The van der Waals surface area contributed by atoms with Crippen LogP contribution >= 0.6 is 11.8 Å². The lowest BCUT2D eigenvalue weighted by molar-refractivity contribution is -0.130. The second kappa shape index (κ2) is 8.67. The number of aryl methyl sites for hydroxylation is 2. The number of hydrogen-bond acceptors (Lipinski definition) is 5. The molecule has 2 aromatic carbocycles. The van der Waals surface area contributed by atoms with Crippen LogP contribution in [-0.4, -0.2) is 48.8 Å². The molecule has 4 aromatic rings. The standard InChI is InChI=1S/C25H27N5O2S/c1-16-8-7-13-28(14-16)21(31)15-33-25-27-26-24-29(25)20-12-5-4-11-19(20)23(32)30(24)22-17(2)9-6-10-18(22)3/h4-6,9-12,16H,7-8,13-15H2,1-3H3. The quantitative estimate of drug-likeness (QED) is 0.430. The van der Waals surface area contributed by atoms with Crippen LogP contribution in [0.25, 0.3) is 22.4 Å². The average molecular weight is 462 g/mol. The van der Waals surface area contributed by atoms with Crippen LogP contribution in [0.5, 0.6) is 0 Å². The summed E-state index contributed by atoms with van der Waals surface area (Å²) >= 11 is 1.38. The summed E-state index contributed by atoms with van der Waals surface area (Å²) in [5.74, 6) is 1.41. The van der Waals surface area contributed by atoms with Gasteiger partial charge in [-0.1, -0.05) is 49.0 Å². The zero-order valence-corrected chi connectivity index (χ0v) is 19.9. The third-order valence-electron chi connectivity index (χ3n) is 6.39. The first-order valence-corrected chi connectivity index (χ1v) is 12.3. The topological polar surface area (TPSA) is 72.5 Å². The van der Waals surface area contributed by atoms with Crippen molar-refractivity contribution in [2.45, 2.75) is 38.8 Å². The highest BCUT2D eigenvalue weighted by Crippen LogP contribution is 2.26. The van der Waals surface area contributed by atoms with E-state index in [4.69, 9.17) is 0 Å². The maximum Gasteiger partial charge on any atom is 0.267 e. The third-order valence-corrected chi connectivity index (χ3v) is 7.31. The maximum absolute atomic E-state index is 13.6. The number of carbonyl (C=O) groups is 1. The summed E-state index contributed by atoms with van der Waals surface area (Å²) in [6.07, 6.45) is 2.23. The van der Waals surface area contributed by atoms with Gasteiger partial charge in [0, 0.05) is 13.1 Å². The Hall–Kier alpha value is -3.13. The molecule has 1 atom stereocenters. The van der Waals surface area contributed by atoms with Crippen molar-refractivity contribution in [2.75, 3.05) is 18.8 Å². The predicted molar refractivity (Wildman–Crippen MR) is 131 cm³/mol. The van der Waals surface area contributed by atoms with Crippen molar-refractivity contribution >= 4 is 34.3 Å². The van der Waals surface area contributed by atoms with Gasteiger partial charge >= 0.3 is 0 Å². The summed E-state index contributed by atoms with van der Waals surface area (Å²) in [4.78, 5) is 28.4. The molecule has 1 aliphatic rings. The summed E-state index contributed by atoms with van der Waals surface area (Å²) in [6, 6.07) is 13.5. The van der Waals surface area contributed by atoms with Crippen LogP contribution in [-0.2, 0) is 4.79 Å². The Morgan fingerprint density at radius 2 is 1.85 bits per heavy atom. The number of benzene rings is 2. The van der Waals surface area contributed by atoms with Gasteiger partial charge in [0.2, 0.25) is 11.7 Å². The van der Waals surface area contributed by atoms with Crippen molar-refractivity contribution in [3.63, 3.8) is 0 Å².